The van der Waals surface area contributed by atoms with Gasteiger partial charge in [0.1, 0.15) is 5.82 Å². The first-order valence-electron chi connectivity index (χ1n) is 7.30. The minimum atomic E-state index is -0.378. The number of hydrogen-bond acceptors (Lipinski definition) is 4. The van der Waals surface area contributed by atoms with E-state index in [4.69, 9.17) is 17.4 Å². The Morgan fingerprint density at radius 1 is 1.43 bits per heavy atom. The molecule has 0 spiro atoms. The third-order valence-electron chi connectivity index (χ3n) is 4.27. The molecule has 0 amide bonds. The quantitative estimate of drug-likeness (QED) is 0.653. The van der Waals surface area contributed by atoms with Crippen LogP contribution in [0.15, 0.2) is 18.2 Å². The van der Waals surface area contributed by atoms with Crippen molar-refractivity contribution in [2.45, 2.75) is 24.9 Å². The van der Waals surface area contributed by atoms with Gasteiger partial charge in [-0.3, -0.25) is 11.3 Å². The zero-order valence-corrected chi connectivity index (χ0v) is 13.4. The molecule has 1 saturated heterocycles. The van der Waals surface area contributed by atoms with E-state index in [2.05, 4.69) is 29.3 Å². The molecule has 1 aromatic carbocycles. The van der Waals surface area contributed by atoms with E-state index in [1.165, 1.54) is 6.07 Å². The number of benzene rings is 1. The van der Waals surface area contributed by atoms with Crippen molar-refractivity contribution in [2.24, 2.45) is 5.84 Å². The van der Waals surface area contributed by atoms with Crippen molar-refractivity contribution in [3.8, 4) is 0 Å². The van der Waals surface area contributed by atoms with E-state index in [0.29, 0.717) is 6.42 Å². The Morgan fingerprint density at radius 3 is 2.90 bits per heavy atom. The lowest BCUT2D eigenvalue weighted by Gasteiger charge is -2.34. The summed E-state index contributed by atoms with van der Waals surface area (Å²) in [6.07, 6.45) is 1.75. The molecule has 1 aliphatic heterocycles. The maximum absolute atomic E-state index is 13.6. The molecule has 1 aliphatic rings. The standard InChI is InChI=1S/C15H24ClFN4/c1-20-7-4-8-21(2)14(10-20)13(19-18)9-11-5-3-6-12(17)15(11)16/h3,5-6,13-14,19H,4,7-10,18H2,1-2H3. The fourth-order valence-corrected chi connectivity index (χ4v) is 3.19. The third-order valence-corrected chi connectivity index (χ3v) is 4.69. The number of rotatable bonds is 4. The molecule has 1 aromatic rings. The molecule has 0 aromatic heterocycles. The summed E-state index contributed by atoms with van der Waals surface area (Å²) >= 11 is 6.06. The normalized spacial score (nSPS) is 23.0. The van der Waals surface area contributed by atoms with Crippen LogP contribution in [-0.2, 0) is 6.42 Å². The Hall–Kier alpha value is -0.720. The molecule has 1 heterocycles. The van der Waals surface area contributed by atoms with E-state index in [0.717, 1.165) is 31.6 Å². The maximum atomic E-state index is 13.6. The first kappa shape index (κ1) is 16.6. The maximum Gasteiger partial charge on any atom is 0.142 e. The van der Waals surface area contributed by atoms with Gasteiger partial charge < -0.3 is 9.80 Å². The Bertz CT molecular complexity index is 471. The Labute approximate surface area is 131 Å². The van der Waals surface area contributed by atoms with Crippen LogP contribution in [0.3, 0.4) is 0 Å². The molecule has 1 fully saturated rings. The average Bonchev–Trinajstić information content (AvgIpc) is 2.62. The molecule has 118 valence electrons. The Balaban J connectivity index is 2.16. The van der Waals surface area contributed by atoms with Gasteiger partial charge in [0, 0.05) is 18.6 Å². The average molecular weight is 315 g/mol. The molecule has 2 unspecified atom stereocenters. The third kappa shape index (κ3) is 4.14. The fourth-order valence-electron chi connectivity index (χ4n) is 2.99. The summed E-state index contributed by atoms with van der Waals surface area (Å²) in [6, 6.07) is 5.21. The monoisotopic (exact) mass is 314 g/mol. The highest BCUT2D eigenvalue weighted by Gasteiger charge is 2.28. The summed E-state index contributed by atoms with van der Waals surface area (Å²) in [5.41, 5.74) is 3.69. The minimum absolute atomic E-state index is 0.0230. The van der Waals surface area contributed by atoms with Crippen LogP contribution in [-0.4, -0.2) is 55.6 Å². The van der Waals surface area contributed by atoms with Gasteiger partial charge in [0.25, 0.3) is 0 Å². The van der Waals surface area contributed by atoms with Crippen molar-refractivity contribution in [2.75, 3.05) is 33.7 Å². The van der Waals surface area contributed by atoms with Crippen molar-refractivity contribution in [1.82, 2.24) is 15.2 Å². The van der Waals surface area contributed by atoms with Gasteiger partial charge in [-0.1, -0.05) is 23.7 Å². The van der Waals surface area contributed by atoms with Gasteiger partial charge in [0.15, 0.2) is 0 Å². The smallest absolute Gasteiger partial charge is 0.142 e. The molecule has 0 bridgehead atoms. The van der Waals surface area contributed by atoms with Gasteiger partial charge in [0.2, 0.25) is 0 Å². The second-order valence-corrected chi connectivity index (χ2v) is 6.23. The summed E-state index contributed by atoms with van der Waals surface area (Å²) < 4.78 is 13.6. The van der Waals surface area contributed by atoms with Crippen molar-refractivity contribution in [1.29, 1.82) is 0 Å². The van der Waals surface area contributed by atoms with E-state index in [9.17, 15) is 4.39 Å². The lowest BCUT2D eigenvalue weighted by Crippen LogP contribution is -2.55. The molecule has 2 atom stereocenters. The van der Waals surface area contributed by atoms with Gasteiger partial charge in [0.05, 0.1) is 5.02 Å². The predicted molar refractivity (Wildman–Crippen MR) is 84.8 cm³/mol. The highest BCUT2D eigenvalue weighted by molar-refractivity contribution is 6.31. The number of nitrogens with two attached hydrogens (primary N) is 1. The fraction of sp³-hybridized carbons (Fsp3) is 0.600. The van der Waals surface area contributed by atoms with Gasteiger partial charge in [-0.15, -0.1) is 0 Å². The van der Waals surface area contributed by atoms with E-state index >= 15 is 0 Å². The topological polar surface area (TPSA) is 44.5 Å². The molecule has 21 heavy (non-hydrogen) atoms. The number of hydrazine groups is 1. The lowest BCUT2D eigenvalue weighted by molar-refractivity contribution is 0.177. The van der Waals surface area contributed by atoms with Crippen molar-refractivity contribution < 1.29 is 4.39 Å². The highest BCUT2D eigenvalue weighted by Crippen LogP contribution is 2.22. The summed E-state index contributed by atoms with van der Waals surface area (Å²) in [7, 11) is 4.23. The van der Waals surface area contributed by atoms with Crippen molar-refractivity contribution >= 4 is 11.6 Å². The van der Waals surface area contributed by atoms with Crippen molar-refractivity contribution in [3.05, 3.63) is 34.6 Å². The van der Waals surface area contributed by atoms with E-state index < -0.39 is 0 Å². The van der Waals surface area contributed by atoms with Crippen molar-refractivity contribution in [3.63, 3.8) is 0 Å². The van der Waals surface area contributed by atoms with Crippen LogP contribution in [0, 0.1) is 5.82 Å². The largest absolute Gasteiger partial charge is 0.305 e. The zero-order valence-electron chi connectivity index (χ0n) is 12.6. The van der Waals surface area contributed by atoms with Gasteiger partial charge in [-0.2, -0.15) is 0 Å². The summed E-state index contributed by atoms with van der Waals surface area (Å²) in [6.45, 7) is 3.04. The van der Waals surface area contributed by atoms with Crippen LogP contribution in [0.1, 0.15) is 12.0 Å². The van der Waals surface area contributed by atoms with Crippen LogP contribution in [0.2, 0.25) is 5.02 Å². The van der Waals surface area contributed by atoms with Crippen LogP contribution in [0.5, 0.6) is 0 Å². The van der Waals surface area contributed by atoms with Gasteiger partial charge >= 0.3 is 0 Å². The molecule has 2 rings (SSSR count). The second-order valence-electron chi connectivity index (χ2n) is 5.85. The summed E-state index contributed by atoms with van der Waals surface area (Å²) in [4.78, 5) is 4.63. The highest BCUT2D eigenvalue weighted by atomic mass is 35.5. The first-order valence-corrected chi connectivity index (χ1v) is 7.68. The number of hydrogen-bond donors (Lipinski definition) is 2. The van der Waals surface area contributed by atoms with Crippen LogP contribution in [0.4, 0.5) is 4.39 Å². The van der Waals surface area contributed by atoms with E-state index in [1.807, 2.05) is 6.07 Å². The molecule has 0 aliphatic carbocycles. The number of halogens is 2. The molecule has 4 nitrogen and oxygen atoms in total. The van der Waals surface area contributed by atoms with Gasteiger partial charge in [-0.05, 0) is 51.7 Å². The molecule has 6 heteroatoms. The van der Waals surface area contributed by atoms with Crippen LogP contribution < -0.4 is 11.3 Å². The number of nitrogens with zero attached hydrogens (tertiary/aromatic N) is 2. The number of likely N-dealkylation sites (N-methyl/N-ethyl adjacent to an activating group) is 2. The summed E-state index contributed by atoms with van der Waals surface area (Å²) in [5.74, 6) is 5.39. The van der Waals surface area contributed by atoms with Crippen LogP contribution in [0.25, 0.3) is 0 Å². The Morgan fingerprint density at radius 2 is 2.19 bits per heavy atom. The molecule has 0 radical (unpaired) electrons. The Kier molecular flexibility index (Phi) is 5.96. The first-order chi connectivity index (χ1) is 10.0. The molecule has 0 saturated carbocycles. The zero-order chi connectivity index (χ0) is 15.4. The lowest BCUT2D eigenvalue weighted by atomic mass is 9.98. The van der Waals surface area contributed by atoms with E-state index in [-0.39, 0.29) is 22.9 Å². The number of nitrogens with one attached hydrogen (secondary N) is 1. The van der Waals surface area contributed by atoms with Gasteiger partial charge in [-0.25, -0.2) is 4.39 Å². The molecule has 3 N–H and O–H groups in total. The predicted octanol–water partition coefficient (Wildman–Crippen LogP) is 1.49. The second kappa shape index (κ2) is 7.51. The molecular weight excluding hydrogens is 291 g/mol. The SMILES string of the molecule is CN1CCCN(C)C(C(Cc2cccc(F)c2Cl)NN)C1. The summed E-state index contributed by atoms with van der Waals surface area (Å²) in [5, 5.41) is 0.197. The minimum Gasteiger partial charge on any atom is -0.305 e. The van der Waals surface area contributed by atoms with E-state index in [1.54, 1.807) is 6.07 Å². The van der Waals surface area contributed by atoms with Crippen LogP contribution >= 0.6 is 11.6 Å². The molecular formula is C15H24ClFN4.